The van der Waals surface area contributed by atoms with Gasteiger partial charge in [0.05, 0.1) is 12.1 Å². The number of aromatic amines is 1. The minimum atomic E-state index is -0.833. The van der Waals surface area contributed by atoms with Gasteiger partial charge in [0.2, 0.25) is 0 Å². The van der Waals surface area contributed by atoms with Gasteiger partial charge < -0.3 is 25.6 Å². The van der Waals surface area contributed by atoms with Gasteiger partial charge in [-0.15, -0.1) is 0 Å². The lowest BCUT2D eigenvalue weighted by molar-refractivity contribution is -0.134. The number of imidazole rings is 1. The first-order valence-corrected chi connectivity index (χ1v) is 9.67. The molecule has 1 aliphatic rings. The van der Waals surface area contributed by atoms with Gasteiger partial charge in [0, 0.05) is 43.5 Å². The van der Waals surface area contributed by atoms with Crippen LogP contribution in [0, 0.1) is 6.92 Å². The number of amides is 1. The number of rotatable bonds is 3. The largest absolute Gasteiger partial charge is 0.481 e. The molecular formula is C21H26N6O3. The summed E-state index contributed by atoms with van der Waals surface area (Å²) >= 11 is 0. The average molecular weight is 410 g/mol. The quantitative estimate of drug-likeness (QED) is 0.522. The molecule has 0 unspecified atom stereocenters. The number of fused-ring (bicyclic) bond motifs is 2. The molecule has 0 bridgehead atoms. The fraction of sp³-hybridized carbons (Fsp3) is 0.333. The lowest BCUT2D eigenvalue weighted by Crippen LogP contribution is -2.24. The number of hydrogen-bond donors (Lipinski definition) is 4. The highest BCUT2D eigenvalue weighted by molar-refractivity contribution is 5.94. The number of nitrogens with zero attached hydrogens (tertiary/aromatic N) is 3. The third kappa shape index (κ3) is 5.54. The van der Waals surface area contributed by atoms with Gasteiger partial charge in [0.1, 0.15) is 5.82 Å². The van der Waals surface area contributed by atoms with Crippen LogP contribution in [0.25, 0.3) is 11.2 Å². The van der Waals surface area contributed by atoms with E-state index >= 15 is 0 Å². The predicted molar refractivity (Wildman–Crippen MR) is 114 cm³/mol. The zero-order valence-electron chi connectivity index (χ0n) is 17.3. The van der Waals surface area contributed by atoms with Gasteiger partial charge in [-0.25, -0.2) is 9.97 Å². The number of aliphatic carboxylic acids is 1. The Kier molecular flexibility index (Phi) is 6.63. The summed E-state index contributed by atoms with van der Waals surface area (Å²) in [7, 11) is 2.08. The molecule has 4 N–H and O–H groups in total. The first kappa shape index (κ1) is 21.3. The molecule has 1 aliphatic heterocycles. The predicted octanol–water partition coefficient (Wildman–Crippen LogP) is 2.14. The Morgan fingerprint density at radius 1 is 1.23 bits per heavy atom. The molecule has 0 fully saturated rings. The number of pyridine rings is 1. The van der Waals surface area contributed by atoms with Crippen LogP contribution in [0.15, 0.2) is 30.3 Å². The molecule has 0 atom stereocenters. The van der Waals surface area contributed by atoms with Crippen LogP contribution in [-0.2, 0) is 17.9 Å². The van der Waals surface area contributed by atoms with Crippen LogP contribution in [0.5, 0.6) is 0 Å². The second-order valence-corrected chi connectivity index (χ2v) is 7.25. The maximum Gasteiger partial charge on any atom is 0.300 e. The number of benzene rings is 1. The Morgan fingerprint density at radius 2 is 2.00 bits per heavy atom. The molecule has 0 aliphatic carbocycles. The van der Waals surface area contributed by atoms with E-state index in [1.54, 1.807) is 0 Å². The van der Waals surface area contributed by atoms with Crippen molar-refractivity contribution in [2.24, 2.45) is 0 Å². The van der Waals surface area contributed by atoms with Gasteiger partial charge in [-0.2, -0.15) is 0 Å². The van der Waals surface area contributed by atoms with Gasteiger partial charge >= 0.3 is 0 Å². The van der Waals surface area contributed by atoms with Crippen molar-refractivity contribution in [2.75, 3.05) is 25.5 Å². The maximum atomic E-state index is 12.5. The van der Waals surface area contributed by atoms with Crippen LogP contribution >= 0.6 is 0 Å². The van der Waals surface area contributed by atoms with Gasteiger partial charge in [-0.3, -0.25) is 9.59 Å². The highest BCUT2D eigenvalue weighted by atomic mass is 16.4. The first-order valence-electron chi connectivity index (χ1n) is 9.67. The summed E-state index contributed by atoms with van der Waals surface area (Å²) in [5, 5.41) is 13.8. The molecule has 1 aromatic carbocycles. The number of anilines is 1. The molecule has 0 spiro atoms. The number of H-pyrrole nitrogens is 1. The summed E-state index contributed by atoms with van der Waals surface area (Å²) in [6, 6.07) is 9.69. The fourth-order valence-electron chi connectivity index (χ4n) is 3.18. The van der Waals surface area contributed by atoms with E-state index in [0.29, 0.717) is 23.6 Å². The number of carbonyl (C=O) groups excluding carboxylic acids is 1. The van der Waals surface area contributed by atoms with Crippen molar-refractivity contribution >= 4 is 28.7 Å². The maximum absolute atomic E-state index is 12.5. The Labute approximate surface area is 174 Å². The first-order chi connectivity index (χ1) is 14.3. The van der Waals surface area contributed by atoms with Crippen molar-refractivity contribution in [3.63, 3.8) is 0 Å². The summed E-state index contributed by atoms with van der Waals surface area (Å²) in [6.45, 7) is 6.08. The molecule has 4 rings (SSSR count). The molecule has 1 amide bonds. The lowest BCUT2D eigenvalue weighted by atomic mass is 10.1. The van der Waals surface area contributed by atoms with Crippen molar-refractivity contribution in [3.05, 3.63) is 53.0 Å². The van der Waals surface area contributed by atoms with Crippen LogP contribution in [0.3, 0.4) is 0 Å². The van der Waals surface area contributed by atoms with Crippen molar-refractivity contribution in [1.29, 1.82) is 0 Å². The summed E-state index contributed by atoms with van der Waals surface area (Å²) in [6.07, 6.45) is 0. The van der Waals surface area contributed by atoms with Crippen LogP contribution in [0.1, 0.15) is 34.4 Å². The van der Waals surface area contributed by atoms with Gasteiger partial charge in [0.15, 0.2) is 5.65 Å². The molecule has 0 saturated carbocycles. The number of carbonyl (C=O) groups is 2. The fourth-order valence-corrected chi connectivity index (χ4v) is 3.18. The third-order valence-electron chi connectivity index (χ3n) is 4.57. The van der Waals surface area contributed by atoms with E-state index in [0.717, 1.165) is 49.0 Å². The molecule has 2 aromatic heterocycles. The Bertz CT molecular complexity index is 1060. The molecule has 9 nitrogen and oxygen atoms in total. The molecule has 3 heterocycles. The second kappa shape index (κ2) is 9.36. The second-order valence-electron chi connectivity index (χ2n) is 7.25. The molecule has 158 valence electrons. The third-order valence-corrected chi connectivity index (χ3v) is 4.57. The van der Waals surface area contributed by atoms with E-state index in [1.807, 2.05) is 37.3 Å². The average Bonchev–Trinajstić information content (AvgIpc) is 2.98. The Hall–Kier alpha value is -3.46. The molecule has 3 aromatic rings. The summed E-state index contributed by atoms with van der Waals surface area (Å²) in [4.78, 5) is 35.8. The Balaban J connectivity index is 0.000000589. The highest BCUT2D eigenvalue weighted by Crippen LogP contribution is 2.21. The smallest absolute Gasteiger partial charge is 0.300 e. The summed E-state index contributed by atoms with van der Waals surface area (Å²) in [5.74, 6) is -0.244. The number of hydrogen-bond acceptors (Lipinski definition) is 6. The minimum absolute atomic E-state index is 0.107. The van der Waals surface area contributed by atoms with E-state index < -0.39 is 5.97 Å². The number of carboxylic acids is 1. The van der Waals surface area contributed by atoms with Crippen LogP contribution < -0.4 is 10.6 Å². The lowest BCUT2D eigenvalue weighted by Gasteiger charge is -2.13. The number of aryl methyl sites for hydroxylation is 1. The van der Waals surface area contributed by atoms with E-state index in [4.69, 9.17) is 9.90 Å². The normalized spacial score (nSPS) is 13.4. The van der Waals surface area contributed by atoms with Crippen molar-refractivity contribution in [1.82, 2.24) is 25.2 Å². The molecule has 0 saturated heterocycles. The highest BCUT2D eigenvalue weighted by Gasteiger charge is 2.14. The number of nitrogens with one attached hydrogen (secondary N) is 3. The summed E-state index contributed by atoms with van der Waals surface area (Å²) in [5.41, 5.74) is 5.37. The van der Waals surface area contributed by atoms with E-state index in [1.165, 1.54) is 0 Å². The van der Waals surface area contributed by atoms with Crippen LogP contribution in [0.2, 0.25) is 0 Å². The molecular weight excluding hydrogens is 384 g/mol. The molecule has 30 heavy (non-hydrogen) atoms. The molecule has 9 heteroatoms. The van der Waals surface area contributed by atoms with Crippen molar-refractivity contribution in [3.8, 4) is 0 Å². The SMILES string of the molecule is CC(=O)O.Cc1ccc2[nH]c(CNC(=O)c3ccc4c(c3)CN(C)CCN4)nc2n1. The van der Waals surface area contributed by atoms with E-state index in [-0.39, 0.29) is 5.91 Å². The monoisotopic (exact) mass is 410 g/mol. The topological polar surface area (TPSA) is 123 Å². The minimum Gasteiger partial charge on any atom is -0.481 e. The Morgan fingerprint density at radius 3 is 2.77 bits per heavy atom. The standard InChI is InChI=1S/C19H22N6O.C2H4O2/c1-12-3-5-16-18(22-12)24-17(23-16)10-21-19(26)13-4-6-15-14(9-13)11-25(2)8-7-20-15;1-2(3)4/h3-6,9,20H,7-8,10-11H2,1-2H3,(H,21,26)(H,22,23,24);1H3,(H,3,4). The molecule has 0 radical (unpaired) electrons. The van der Waals surface area contributed by atoms with Crippen molar-refractivity contribution < 1.29 is 14.7 Å². The van der Waals surface area contributed by atoms with E-state index in [2.05, 4.69) is 37.5 Å². The number of carboxylic acid groups (broad SMARTS) is 1. The number of aromatic nitrogens is 3. The number of likely N-dealkylation sites (N-methyl/N-ethyl adjacent to an activating group) is 1. The van der Waals surface area contributed by atoms with E-state index in [9.17, 15) is 4.79 Å². The van der Waals surface area contributed by atoms with Gasteiger partial charge in [-0.1, -0.05) is 0 Å². The van der Waals surface area contributed by atoms with Gasteiger partial charge in [-0.05, 0) is 49.9 Å². The van der Waals surface area contributed by atoms with Crippen LogP contribution in [-0.4, -0.2) is 57.0 Å². The van der Waals surface area contributed by atoms with Gasteiger partial charge in [0.25, 0.3) is 11.9 Å². The zero-order chi connectivity index (χ0) is 21.7. The summed E-state index contributed by atoms with van der Waals surface area (Å²) < 4.78 is 0. The zero-order valence-corrected chi connectivity index (χ0v) is 17.3. The van der Waals surface area contributed by atoms with Crippen LogP contribution in [0.4, 0.5) is 5.69 Å². The van der Waals surface area contributed by atoms with Crippen molar-refractivity contribution in [2.45, 2.75) is 26.9 Å².